The van der Waals surface area contributed by atoms with E-state index in [0.29, 0.717) is 19.0 Å². The fourth-order valence-corrected chi connectivity index (χ4v) is 1.24. The molecular formula is C10H21N3O2. The SMILES string of the molecule is CCC(NC(=O)C(=O)NCCN)C(C)C. The first kappa shape index (κ1) is 13.9. The van der Waals surface area contributed by atoms with E-state index in [2.05, 4.69) is 10.6 Å². The lowest BCUT2D eigenvalue weighted by atomic mass is 10.0. The van der Waals surface area contributed by atoms with E-state index >= 15 is 0 Å². The molecule has 0 rings (SSSR count). The van der Waals surface area contributed by atoms with Crippen molar-refractivity contribution in [2.24, 2.45) is 11.7 Å². The van der Waals surface area contributed by atoms with Gasteiger partial charge in [0.1, 0.15) is 0 Å². The van der Waals surface area contributed by atoms with Crippen LogP contribution in [0.1, 0.15) is 27.2 Å². The lowest BCUT2D eigenvalue weighted by Crippen LogP contribution is -2.47. The Labute approximate surface area is 90.8 Å². The number of nitrogens with one attached hydrogen (secondary N) is 2. The highest BCUT2D eigenvalue weighted by molar-refractivity contribution is 6.35. The third kappa shape index (κ3) is 5.37. The minimum atomic E-state index is -0.612. The molecule has 15 heavy (non-hydrogen) atoms. The standard InChI is InChI=1S/C10H21N3O2/c1-4-8(7(2)3)13-10(15)9(14)12-6-5-11/h7-8H,4-6,11H2,1-3H3,(H,12,14)(H,13,15). The highest BCUT2D eigenvalue weighted by Gasteiger charge is 2.18. The van der Waals surface area contributed by atoms with Crippen LogP contribution in [0.2, 0.25) is 0 Å². The highest BCUT2D eigenvalue weighted by atomic mass is 16.2. The molecule has 88 valence electrons. The molecule has 0 saturated carbocycles. The summed E-state index contributed by atoms with van der Waals surface area (Å²) in [5.41, 5.74) is 5.21. The van der Waals surface area contributed by atoms with Crippen molar-refractivity contribution in [1.82, 2.24) is 10.6 Å². The van der Waals surface area contributed by atoms with E-state index in [1.54, 1.807) is 0 Å². The maximum Gasteiger partial charge on any atom is 0.309 e. The molecule has 0 fully saturated rings. The van der Waals surface area contributed by atoms with Gasteiger partial charge in [0.05, 0.1) is 0 Å². The number of rotatable bonds is 5. The van der Waals surface area contributed by atoms with Crippen LogP contribution in [0.15, 0.2) is 0 Å². The van der Waals surface area contributed by atoms with Crippen molar-refractivity contribution in [2.75, 3.05) is 13.1 Å². The van der Waals surface area contributed by atoms with Gasteiger partial charge >= 0.3 is 11.8 Å². The number of nitrogens with two attached hydrogens (primary N) is 1. The highest BCUT2D eigenvalue weighted by Crippen LogP contribution is 2.04. The molecule has 4 N–H and O–H groups in total. The van der Waals surface area contributed by atoms with Gasteiger partial charge in [-0.15, -0.1) is 0 Å². The van der Waals surface area contributed by atoms with Crippen molar-refractivity contribution in [3.63, 3.8) is 0 Å². The molecular weight excluding hydrogens is 194 g/mol. The summed E-state index contributed by atoms with van der Waals surface area (Å²) in [5.74, 6) is -0.871. The fraction of sp³-hybridized carbons (Fsp3) is 0.800. The number of carbonyl (C=O) groups is 2. The Bertz CT molecular complexity index is 217. The first-order chi connectivity index (χ1) is 7.02. The Morgan fingerprint density at radius 2 is 1.87 bits per heavy atom. The third-order valence-corrected chi connectivity index (χ3v) is 2.20. The van der Waals surface area contributed by atoms with Gasteiger partial charge in [0.15, 0.2) is 0 Å². The van der Waals surface area contributed by atoms with E-state index in [1.807, 2.05) is 20.8 Å². The smallest absolute Gasteiger partial charge is 0.309 e. The molecule has 0 aromatic rings. The Hall–Kier alpha value is -1.10. The van der Waals surface area contributed by atoms with Gasteiger partial charge in [-0.05, 0) is 12.3 Å². The molecule has 0 aliphatic heterocycles. The van der Waals surface area contributed by atoms with Crippen molar-refractivity contribution in [3.8, 4) is 0 Å². The molecule has 0 saturated heterocycles. The molecule has 0 aromatic carbocycles. The summed E-state index contributed by atoms with van der Waals surface area (Å²) in [7, 11) is 0. The van der Waals surface area contributed by atoms with Crippen LogP contribution in [-0.2, 0) is 9.59 Å². The van der Waals surface area contributed by atoms with Crippen molar-refractivity contribution in [3.05, 3.63) is 0 Å². The fourth-order valence-electron chi connectivity index (χ4n) is 1.24. The molecule has 0 radical (unpaired) electrons. The maximum atomic E-state index is 11.4. The lowest BCUT2D eigenvalue weighted by Gasteiger charge is -2.20. The summed E-state index contributed by atoms with van der Waals surface area (Å²) in [6.07, 6.45) is 0.813. The maximum absolute atomic E-state index is 11.4. The van der Waals surface area contributed by atoms with Gasteiger partial charge in [-0.25, -0.2) is 0 Å². The summed E-state index contributed by atoms with van der Waals surface area (Å²) in [6, 6.07) is 0.0427. The predicted molar refractivity (Wildman–Crippen MR) is 59.1 cm³/mol. The molecule has 5 heteroatoms. The first-order valence-corrected chi connectivity index (χ1v) is 5.31. The molecule has 1 unspecified atom stereocenters. The number of hydrogen-bond acceptors (Lipinski definition) is 3. The van der Waals surface area contributed by atoms with Gasteiger partial charge in [-0.1, -0.05) is 20.8 Å². The zero-order valence-corrected chi connectivity index (χ0v) is 9.67. The van der Waals surface area contributed by atoms with Crippen LogP contribution >= 0.6 is 0 Å². The largest absolute Gasteiger partial charge is 0.347 e. The monoisotopic (exact) mass is 215 g/mol. The van der Waals surface area contributed by atoms with Crippen molar-refractivity contribution in [1.29, 1.82) is 0 Å². The zero-order chi connectivity index (χ0) is 11.8. The van der Waals surface area contributed by atoms with E-state index in [0.717, 1.165) is 6.42 Å². The average molecular weight is 215 g/mol. The number of carbonyl (C=O) groups excluding carboxylic acids is 2. The van der Waals surface area contributed by atoms with E-state index in [9.17, 15) is 9.59 Å². The molecule has 0 aromatic heterocycles. The molecule has 0 heterocycles. The van der Waals surface area contributed by atoms with Crippen molar-refractivity contribution >= 4 is 11.8 Å². The van der Waals surface area contributed by atoms with E-state index in [-0.39, 0.29) is 6.04 Å². The summed E-state index contributed by atoms with van der Waals surface area (Å²) in [5, 5.41) is 5.11. The predicted octanol–water partition coefficient (Wildman–Crippen LogP) is -0.388. The van der Waals surface area contributed by atoms with Crippen LogP contribution in [0.3, 0.4) is 0 Å². The Morgan fingerprint density at radius 1 is 1.27 bits per heavy atom. The van der Waals surface area contributed by atoms with Crippen LogP contribution in [0.5, 0.6) is 0 Å². The van der Waals surface area contributed by atoms with Gasteiger partial charge in [0.25, 0.3) is 0 Å². The zero-order valence-electron chi connectivity index (χ0n) is 9.67. The molecule has 2 amide bonds. The van der Waals surface area contributed by atoms with Gasteiger partial charge in [-0.2, -0.15) is 0 Å². The molecule has 1 atom stereocenters. The summed E-state index contributed by atoms with van der Waals surface area (Å²) < 4.78 is 0. The topological polar surface area (TPSA) is 84.2 Å². The second kappa shape index (κ2) is 7.23. The second-order valence-electron chi connectivity index (χ2n) is 3.78. The first-order valence-electron chi connectivity index (χ1n) is 5.31. The van der Waals surface area contributed by atoms with Gasteiger partial charge in [0.2, 0.25) is 0 Å². The van der Waals surface area contributed by atoms with Crippen LogP contribution in [-0.4, -0.2) is 30.9 Å². The minimum absolute atomic E-state index is 0.0427. The van der Waals surface area contributed by atoms with Crippen LogP contribution < -0.4 is 16.4 Å². The van der Waals surface area contributed by atoms with E-state index in [1.165, 1.54) is 0 Å². The minimum Gasteiger partial charge on any atom is -0.347 e. The van der Waals surface area contributed by atoms with Crippen molar-refractivity contribution in [2.45, 2.75) is 33.2 Å². The quantitative estimate of drug-likeness (QED) is 0.546. The van der Waals surface area contributed by atoms with Gasteiger partial charge in [-0.3, -0.25) is 9.59 Å². The molecule has 0 aliphatic rings. The Balaban J connectivity index is 4.04. The van der Waals surface area contributed by atoms with E-state index in [4.69, 9.17) is 5.73 Å². The molecule has 0 aliphatic carbocycles. The third-order valence-electron chi connectivity index (χ3n) is 2.20. The number of hydrogen-bond donors (Lipinski definition) is 3. The molecule has 5 nitrogen and oxygen atoms in total. The normalized spacial score (nSPS) is 12.3. The van der Waals surface area contributed by atoms with Crippen molar-refractivity contribution < 1.29 is 9.59 Å². The molecule has 0 bridgehead atoms. The summed E-state index contributed by atoms with van der Waals surface area (Å²) in [4.78, 5) is 22.6. The number of amides is 2. The van der Waals surface area contributed by atoms with Gasteiger partial charge in [0, 0.05) is 19.1 Å². The van der Waals surface area contributed by atoms with Gasteiger partial charge < -0.3 is 16.4 Å². The average Bonchev–Trinajstić information content (AvgIpc) is 2.21. The van der Waals surface area contributed by atoms with Crippen LogP contribution in [0, 0.1) is 5.92 Å². The van der Waals surface area contributed by atoms with Crippen LogP contribution in [0.4, 0.5) is 0 Å². The second-order valence-corrected chi connectivity index (χ2v) is 3.78. The Morgan fingerprint density at radius 3 is 2.27 bits per heavy atom. The molecule has 0 spiro atoms. The van der Waals surface area contributed by atoms with Crippen LogP contribution in [0.25, 0.3) is 0 Å². The summed E-state index contributed by atoms with van der Waals surface area (Å²) >= 11 is 0. The summed E-state index contributed by atoms with van der Waals surface area (Å²) in [6.45, 7) is 6.65. The Kier molecular flexibility index (Phi) is 6.70. The van der Waals surface area contributed by atoms with E-state index < -0.39 is 11.8 Å². The lowest BCUT2D eigenvalue weighted by molar-refractivity contribution is -0.139.